The molecule has 0 spiro atoms. The fraction of sp³-hybridized carbons (Fsp3) is 0.923. The predicted molar refractivity (Wildman–Crippen MR) is 69.1 cm³/mol. The molecule has 0 unspecified atom stereocenters. The second kappa shape index (κ2) is 9.28. The zero-order valence-corrected chi connectivity index (χ0v) is 11.0. The molecule has 2 N–H and O–H groups in total. The average molecular weight is 242 g/mol. The van der Waals surface area contributed by atoms with Crippen LogP contribution in [0.25, 0.3) is 0 Å². The van der Waals surface area contributed by atoms with Crippen LogP contribution in [0.5, 0.6) is 0 Å². The number of carbonyl (C=O) groups excluding carboxylic acids is 1. The molecule has 0 atom stereocenters. The molecular weight excluding hydrogens is 216 g/mol. The first-order chi connectivity index (χ1) is 8.33. The number of rotatable bonds is 7. The number of hydrogen-bond donors (Lipinski definition) is 2. The molecule has 4 heteroatoms. The van der Waals surface area contributed by atoms with Crippen LogP contribution in [0.3, 0.4) is 0 Å². The smallest absolute Gasteiger partial charge is 0.315 e. The van der Waals surface area contributed by atoms with Crippen molar-refractivity contribution in [1.82, 2.24) is 10.6 Å². The van der Waals surface area contributed by atoms with Gasteiger partial charge in [-0.05, 0) is 19.3 Å². The molecule has 0 aliphatic heterocycles. The van der Waals surface area contributed by atoms with Gasteiger partial charge in [-0.25, -0.2) is 4.79 Å². The maximum atomic E-state index is 11.5. The maximum Gasteiger partial charge on any atom is 0.315 e. The molecule has 1 fully saturated rings. The highest BCUT2D eigenvalue weighted by Crippen LogP contribution is 2.16. The number of hydrogen-bond acceptors (Lipinski definition) is 2. The van der Waals surface area contributed by atoms with Crippen molar-refractivity contribution >= 4 is 6.03 Å². The molecular formula is C13H26N2O2. The molecule has 100 valence electrons. The van der Waals surface area contributed by atoms with Crippen molar-refractivity contribution in [1.29, 1.82) is 0 Å². The van der Waals surface area contributed by atoms with E-state index in [1.54, 1.807) is 0 Å². The zero-order valence-electron chi connectivity index (χ0n) is 11.0. The lowest BCUT2D eigenvalue weighted by Gasteiger charge is -2.22. The first-order valence-electron chi connectivity index (χ1n) is 6.95. The van der Waals surface area contributed by atoms with Gasteiger partial charge in [0, 0.05) is 19.2 Å². The molecule has 0 aromatic carbocycles. The largest absolute Gasteiger partial charge is 0.380 e. The Balaban J connectivity index is 1.93. The van der Waals surface area contributed by atoms with Gasteiger partial charge in [0.25, 0.3) is 0 Å². The van der Waals surface area contributed by atoms with Gasteiger partial charge in [0.1, 0.15) is 0 Å². The summed E-state index contributed by atoms with van der Waals surface area (Å²) in [5, 5.41) is 5.85. The third-order valence-electron chi connectivity index (χ3n) is 3.11. The van der Waals surface area contributed by atoms with Crippen molar-refractivity contribution in [3.63, 3.8) is 0 Å². The highest BCUT2D eigenvalue weighted by molar-refractivity contribution is 5.74. The Morgan fingerprint density at radius 1 is 1.24 bits per heavy atom. The van der Waals surface area contributed by atoms with Gasteiger partial charge in [0.15, 0.2) is 0 Å². The van der Waals surface area contributed by atoms with Crippen molar-refractivity contribution < 1.29 is 9.53 Å². The van der Waals surface area contributed by atoms with Crippen molar-refractivity contribution in [2.45, 2.75) is 57.9 Å². The maximum absolute atomic E-state index is 11.5. The van der Waals surface area contributed by atoms with Crippen LogP contribution in [0.15, 0.2) is 0 Å². The van der Waals surface area contributed by atoms with E-state index >= 15 is 0 Å². The van der Waals surface area contributed by atoms with Crippen LogP contribution in [0.1, 0.15) is 51.9 Å². The molecule has 1 saturated carbocycles. The summed E-state index contributed by atoms with van der Waals surface area (Å²) in [6, 6.07) is 0.334. The van der Waals surface area contributed by atoms with E-state index in [9.17, 15) is 4.79 Å². The highest BCUT2D eigenvalue weighted by Gasteiger charge is 2.14. The van der Waals surface area contributed by atoms with Gasteiger partial charge < -0.3 is 15.4 Å². The normalized spacial score (nSPS) is 16.8. The minimum absolute atomic E-state index is 0.0454. The number of unbranched alkanes of at least 4 members (excludes halogenated alkanes) is 1. The lowest BCUT2D eigenvalue weighted by Crippen LogP contribution is -2.43. The lowest BCUT2D eigenvalue weighted by atomic mass is 9.96. The van der Waals surface area contributed by atoms with Gasteiger partial charge in [-0.3, -0.25) is 0 Å². The molecule has 17 heavy (non-hydrogen) atoms. The van der Waals surface area contributed by atoms with E-state index in [1.807, 2.05) is 0 Å². The number of nitrogens with one attached hydrogen (secondary N) is 2. The van der Waals surface area contributed by atoms with Crippen molar-refractivity contribution in [3.05, 3.63) is 0 Å². The van der Waals surface area contributed by atoms with Crippen LogP contribution in [0.4, 0.5) is 4.79 Å². The third-order valence-corrected chi connectivity index (χ3v) is 3.11. The summed E-state index contributed by atoms with van der Waals surface area (Å²) in [7, 11) is 0. The Morgan fingerprint density at radius 2 is 2.00 bits per heavy atom. The topological polar surface area (TPSA) is 50.4 Å². The van der Waals surface area contributed by atoms with E-state index in [1.165, 1.54) is 19.3 Å². The Bertz CT molecular complexity index is 204. The van der Waals surface area contributed by atoms with Gasteiger partial charge in [0.2, 0.25) is 0 Å². The van der Waals surface area contributed by atoms with Crippen LogP contribution < -0.4 is 10.6 Å². The number of ether oxygens (including phenoxy) is 1. The Kier molecular flexibility index (Phi) is 7.80. The minimum atomic E-state index is -0.0454. The van der Waals surface area contributed by atoms with Crippen molar-refractivity contribution in [2.24, 2.45) is 0 Å². The molecule has 0 saturated heterocycles. The molecule has 0 radical (unpaired) electrons. The van der Waals surface area contributed by atoms with E-state index < -0.39 is 0 Å². The Morgan fingerprint density at radius 3 is 2.71 bits per heavy atom. The van der Waals surface area contributed by atoms with Crippen molar-refractivity contribution in [3.8, 4) is 0 Å². The lowest BCUT2D eigenvalue weighted by molar-refractivity contribution is 0.133. The second-order valence-corrected chi connectivity index (χ2v) is 4.70. The Hall–Kier alpha value is -0.770. The SMILES string of the molecule is CCCCOCCNC(=O)NC1CCCCC1. The number of urea groups is 1. The summed E-state index contributed by atoms with van der Waals surface area (Å²) >= 11 is 0. The number of carbonyl (C=O) groups is 1. The van der Waals surface area contributed by atoms with Crippen LogP contribution >= 0.6 is 0 Å². The molecule has 0 aromatic heterocycles. The highest BCUT2D eigenvalue weighted by atomic mass is 16.5. The van der Waals surface area contributed by atoms with Gasteiger partial charge in [-0.2, -0.15) is 0 Å². The average Bonchev–Trinajstić information content (AvgIpc) is 2.35. The molecule has 2 amide bonds. The van der Waals surface area contributed by atoms with E-state index in [4.69, 9.17) is 4.74 Å². The molecule has 0 heterocycles. The predicted octanol–water partition coefficient (Wildman–Crippen LogP) is 2.44. The monoisotopic (exact) mass is 242 g/mol. The third kappa shape index (κ3) is 7.21. The molecule has 0 aromatic rings. The first-order valence-corrected chi connectivity index (χ1v) is 6.95. The first kappa shape index (κ1) is 14.3. The van der Waals surface area contributed by atoms with E-state index in [0.717, 1.165) is 32.3 Å². The molecule has 4 nitrogen and oxygen atoms in total. The summed E-state index contributed by atoms with van der Waals surface area (Å²) in [4.78, 5) is 11.5. The standard InChI is InChI=1S/C13H26N2O2/c1-2-3-10-17-11-9-14-13(16)15-12-7-5-4-6-8-12/h12H,2-11H2,1H3,(H2,14,15,16). The minimum Gasteiger partial charge on any atom is -0.380 e. The molecule has 1 aliphatic carbocycles. The summed E-state index contributed by atoms with van der Waals surface area (Å²) < 4.78 is 5.37. The molecule has 1 aliphatic rings. The second-order valence-electron chi connectivity index (χ2n) is 4.70. The Labute approximate surface area is 104 Å². The summed E-state index contributed by atoms with van der Waals surface area (Å²) in [6.07, 6.45) is 8.28. The van der Waals surface area contributed by atoms with Gasteiger partial charge in [-0.1, -0.05) is 32.6 Å². The fourth-order valence-corrected chi connectivity index (χ4v) is 2.07. The van der Waals surface area contributed by atoms with E-state index in [0.29, 0.717) is 19.2 Å². The number of amides is 2. The molecule has 1 rings (SSSR count). The van der Waals surface area contributed by atoms with Gasteiger partial charge in [-0.15, -0.1) is 0 Å². The van der Waals surface area contributed by atoms with Gasteiger partial charge in [0.05, 0.1) is 6.61 Å². The fourth-order valence-electron chi connectivity index (χ4n) is 2.07. The molecule has 0 bridgehead atoms. The van der Waals surface area contributed by atoms with Crippen LogP contribution in [-0.4, -0.2) is 31.8 Å². The summed E-state index contributed by atoms with van der Waals surface area (Å²) in [5.74, 6) is 0. The van der Waals surface area contributed by atoms with Crippen LogP contribution in [-0.2, 0) is 4.74 Å². The van der Waals surface area contributed by atoms with E-state index in [2.05, 4.69) is 17.6 Å². The quantitative estimate of drug-likeness (QED) is 0.674. The van der Waals surface area contributed by atoms with Crippen LogP contribution in [0, 0.1) is 0 Å². The van der Waals surface area contributed by atoms with Gasteiger partial charge >= 0.3 is 6.03 Å². The van der Waals surface area contributed by atoms with E-state index in [-0.39, 0.29) is 6.03 Å². The van der Waals surface area contributed by atoms with Crippen LogP contribution in [0.2, 0.25) is 0 Å². The summed E-state index contributed by atoms with van der Waals surface area (Å²) in [6.45, 7) is 4.14. The zero-order chi connectivity index (χ0) is 12.3. The summed E-state index contributed by atoms with van der Waals surface area (Å²) in [5.41, 5.74) is 0. The van der Waals surface area contributed by atoms with Crippen molar-refractivity contribution in [2.75, 3.05) is 19.8 Å².